The van der Waals surface area contributed by atoms with Crippen molar-refractivity contribution >= 4 is 59.3 Å². The Bertz CT molecular complexity index is 1570. The largest absolute Gasteiger partial charge is 0.498 e. The summed E-state index contributed by atoms with van der Waals surface area (Å²) in [5, 5.41) is 12.4. The number of anilines is 1. The maximum Gasteiger partial charge on any atom is 0.416 e. The average Bonchev–Trinajstić information content (AvgIpc) is 3.50. The number of likely N-dealkylation sites (N-methyl/N-ethyl adjacent to an activating group) is 2. The number of rotatable bonds is 11. The lowest BCUT2D eigenvalue weighted by Crippen LogP contribution is -2.44. The zero-order valence-corrected chi connectivity index (χ0v) is 28.7. The molecular weight excluding hydrogens is 689 g/mol. The van der Waals surface area contributed by atoms with Crippen molar-refractivity contribution in [2.75, 3.05) is 65.3 Å². The summed E-state index contributed by atoms with van der Waals surface area (Å²) in [5.74, 6) is -0.0581. The molecule has 0 spiro atoms. The molecule has 0 radical (unpaired) electrons. The van der Waals surface area contributed by atoms with Crippen molar-refractivity contribution in [2.45, 2.75) is 25.9 Å². The summed E-state index contributed by atoms with van der Waals surface area (Å²) < 4.78 is 44.1. The standard InChI is InChI=1S/C27H35ClF3N7O3.C4H3NO2S/c1-4-22(24(17-39)38-11-9-36(2)10-12-38)32-18-33-26(19-7-13-41-14-8-19)35-37(3)16-25(40)34-23-6-5-20(15-21(23)28)27(29,30)31;6-1-3-4(7)8-2-5-3/h5-7,15,17-18H,4,8-14,16H2,1-3H3,(H,34,40)(H,32,33,35);1-2,7H/b24-22+;. The number of piperazine rings is 1. The molecule has 1 fully saturated rings. The third kappa shape index (κ3) is 12.3. The number of amidine groups is 1. The third-order valence-corrected chi connectivity index (χ3v) is 8.14. The van der Waals surface area contributed by atoms with Gasteiger partial charge >= 0.3 is 6.18 Å². The number of nitrogens with zero attached hydrogens (tertiary/aromatic N) is 6. The second-order valence-electron chi connectivity index (χ2n) is 10.7. The first-order chi connectivity index (χ1) is 23.4. The van der Waals surface area contributed by atoms with Gasteiger partial charge in [-0.2, -0.15) is 13.2 Å². The summed E-state index contributed by atoms with van der Waals surface area (Å²) >= 11 is 7.00. The van der Waals surface area contributed by atoms with Crippen molar-refractivity contribution < 1.29 is 37.4 Å². The molecule has 0 atom stereocenters. The summed E-state index contributed by atoms with van der Waals surface area (Å²) in [7, 11) is 3.66. The van der Waals surface area contributed by atoms with Crippen LogP contribution in [0.15, 0.2) is 56.7 Å². The summed E-state index contributed by atoms with van der Waals surface area (Å²) in [6, 6.07) is 2.73. The van der Waals surface area contributed by atoms with Crippen molar-refractivity contribution in [3.05, 3.63) is 63.0 Å². The number of halogens is 4. The number of carbonyl (C=O) groups excluding carboxylic acids is 3. The molecule has 0 saturated carbocycles. The van der Waals surface area contributed by atoms with Crippen LogP contribution in [0.3, 0.4) is 0 Å². The second kappa shape index (κ2) is 19.1. The molecule has 1 aromatic heterocycles. The second-order valence-corrected chi connectivity index (χ2v) is 12.0. The van der Waals surface area contributed by atoms with Gasteiger partial charge in [0.05, 0.1) is 52.9 Å². The lowest BCUT2D eigenvalue weighted by molar-refractivity contribution is -0.137. The molecule has 2 aromatic rings. The number of aldehydes is 2. The van der Waals surface area contributed by atoms with Crippen LogP contribution < -0.4 is 10.7 Å². The fourth-order valence-corrected chi connectivity index (χ4v) is 5.26. The Morgan fingerprint density at radius 2 is 1.98 bits per heavy atom. The molecule has 2 aliphatic heterocycles. The Morgan fingerprint density at radius 3 is 2.51 bits per heavy atom. The van der Waals surface area contributed by atoms with Gasteiger partial charge in [0, 0.05) is 33.2 Å². The minimum absolute atomic E-state index is 0.0139. The molecule has 266 valence electrons. The monoisotopic (exact) mass is 726 g/mol. The normalized spacial score (nSPS) is 16.4. The fraction of sp³-hybridized carbons (Fsp3) is 0.419. The van der Waals surface area contributed by atoms with E-state index in [1.165, 1.54) is 16.9 Å². The number of benzene rings is 1. The van der Waals surface area contributed by atoms with Gasteiger partial charge in [0.15, 0.2) is 18.3 Å². The lowest BCUT2D eigenvalue weighted by Gasteiger charge is -2.34. The van der Waals surface area contributed by atoms with Crippen molar-refractivity contribution in [2.24, 2.45) is 9.98 Å². The van der Waals surface area contributed by atoms with Crippen molar-refractivity contribution in [1.29, 1.82) is 0 Å². The SMILES string of the molecule is CC/C(N=CN=C(NN(C)CC(=O)Nc1ccc(C(F)(F)F)cc1Cl)C1=CCOCC1)=C(/C=O)N1CCN(C)CC1.O=Cc1ncsc1O. The van der Waals surface area contributed by atoms with E-state index in [1.54, 1.807) is 7.05 Å². The van der Waals surface area contributed by atoms with Gasteiger partial charge in [-0.1, -0.05) is 35.9 Å². The topological polar surface area (TPSA) is 152 Å². The maximum absolute atomic E-state index is 12.9. The number of aromatic nitrogens is 1. The van der Waals surface area contributed by atoms with Crippen molar-refractivity contribution in [3.63, 3.8) is 0 Å². The quantitative estimate of drug-likeness (QED) is 0.101. The van der Waals surface area contributed by atoms with Crippen LogP contribution in [0.25, 0.3) is 0 Å². The average molecular weight is 727 g/mol. The van der Waals surface area contributed by atoms with Crippen LogP contribution in [0.1, 0.15) is 35.8 Å². The first-order valence-corrected chi connectivity index (χ1v) is 16.3. The molecule has 1 amide bonds. The molecule has 0 unspecified atom stereocenters. The van der Waals surface area contributed by atoms with Gasteiger partial charge in [0.25, 0.3) is 0 Å². The highest BCUT2D eigenvalue weighted by molar-refractivity contribution is 7.11. The number of hydrazine groups is 1. The Hall–Kier alpha value is -4.16. The van der Waals surface area contributed by atoms with E-state index in [0.29, 0.717) is 49.6 Å². The van der Waals surface area contributed by atoms with Gasteiger partial charge in [0.1, 0.15) is 12.2 Å². The molecule has 4 rings (SSSR count). The molecule has 3 N–H and O–H groups in total. The predicted molar refractivity (Wildman–Crippen MR) is 182 cm³/mol. The third-order valence-electron chi connectivity index (χ3n) is 7.19. The van der Waals surface area contributed by atoms with Gasteiger partial charge in [-0.25, -0.2) is 20.0 Å². The first-order valence-electron chi connectivity index (χ1n) is 15.1. The number of hydrogen-bond donors (Lipinski definition) is 3. The van der Waals surface area contributed by atoms with E-state index in [2.05, 4.69) is 30.6 Å². The fourth-order valence-electron chi connectivity index (χ4n) is 4.54. The number of amides is 1. The summed E-state index contributed by atoms with van der Waals surface area (Å²) in [5.41, 5.74) is 5.79. The number of hydrogen-bond acceptors (Lipinski definition) is 11. The molecular formula is C31H38ClF3N8O5S. The van der Waals surface area contributed by atoms with E-state index in [1.807, 2.05) is 24.9 Å². The summed E-state index contributed by atoms with van der Waals surface area (Å²) in [4.78, 5) is 51.2. The number of alkyl halides is 3. The number of ether oxygens (including phenoxy) is 1. The number of thiazole rings is 1. The Morgan fingerprint density at radius 1 is 1.24 bits per heavy atom. The number of allylic oxidation sites excluding steroid dienone is 2. The molecule has 3 heterocycles. The van der Waals surface area contributed by atoms with Crippen LogP contribution in [0.4, 0.5) is 18.9 Å². The van der Waals surface area contributed by atoms with Crippen LogP contribution >= 0.6 is 22.9 Å². The van der Waals surface area contributed by atoms with Crippen molar-refractivity contribution in [1.82, 2.24) is 25.2 Å². The molecule has 2 aliphatic rings. The highest BCUT2D eigenvalue weighted by Crippen LogP contribution is 2.33. The number of nitrogens with one attached hydrogen (secondary N) is 2. The number of carbonyl (C=O) groups is 3. The van der Waals surface area contributed by atoms with E-state index in [-0.39, 0.29) is 28.0 Å². The van der Waals surface area contributed by atoms with Crippen LogP contribution in [-0.4, -0.2) is 116 Å². The van der Waals surface area contributed by atoms with Crippen LogP contribution in [0, 0.1) is 0 Å². The molecule has 18 heteroatoms. The molecule has 0 aliphatic carbocycles. The highest BCUT2D eigenvalue weighted by Gasteiger charge is 2.31. The zero-order chi connectivity index (χ0) is 36.0. The van der Waals surface area contributed by atoms with E-state index in [0.717, 1.165) is 67.6 Å². The van der Waals surface area contributed by atoms with Gasteiger partial charge in [-0.05, 0) is 43.7 Å². The first kappa shape index (κ1) is 39.3. The highest BCUT2D eigenvalue weighted by atomic mass is 35.5. The molecule has 1 aromatic carbocycles. The van der Waals surface area contributed by atoms with E-state index in [4.69, 9.17) is 21.4 Å². The summed E-state index contributed by atoms with van der Waals surface area (Å²) in [6.45, 7) is 5.83. The van der Waals surface area contributed by atoms with Crippen LogP contribution in [0.5, 0.6) is 5.06 Å². The van der Waals surface area contributed by atoms with Gasteiger partial charge in [-0.15, -0.1) is 0 Å². The van der Waals surface area contributed by atoms with Crippen molar-refractivity contribution in [3.8, 4) is 5.06 Å². The minimum Gasteiger partial charge on any atom is -0.498 e. The number of aliphatic imine (C=N–C) groups is 2. The Labute approximate surface area is 290 Å². The smallest absolute Gasteiger partial charge is 0.416 e. The predicted octanol–water partition coefficient (Wildman–Crippen LogP) is 4.24. The van der Waals surface area contributed by atoms with Gasteiger partial charge in [0.2, 0.25) is 11.0 Å². The van der Waals surface area contributed by atoms with Gasteiger partial charge < -0.3 is 30.4 Å². The lowest BCUT2D eigenvalue weighted by atomic mass is 10.1. The Kier molecular flexibility index (Phi) is 15.3. The van der Waals surface area contributed by atoms with E-state index in [9.17, 15) is 27.6 Å². The maximum atomic E-state index is 12.9. The summed E-state index contributed by atoms with van der Waals surface area (Å²) in [6.07, 6.45) is 1.19. The molecule has 49 heavy (non-hydrogen) atoms. The zero-order valence-electron chi connectivity index (χ0n) is 27.2. The van der Waals surface area contributed by atoms with Crippen LogP contribution in [-0.2, 0) is 20.5 Å². The molecule has 13 nitrogen and oxygen atoms in total. The van der Waals surface area contributed by atoms with E-state index < -0.39 is 17.6 Å². The van der Waals surface area contributed by atoms with E-state index >= 15 is 0 Å². The van der Waals surface area contributed by atoms with Crippen LogP contribution in [0.2, 0.25) is 5.02 Å². The minimum atomic E-state index is -4.54. The van der Waals surface area contributed by atoms with Gasteiger partial charge in [-0.3, -0.25) is 14.4 Å². The number of aromatic hydroxyl groups is 1. The molecule has 1 saturated heterocycles. The molecule has 0 bridgehead atoms. The Balaban J connectivity index is 0.000000710.